The smallest absolute Gasteiger partial charge is 0.255 e. The average molecular weight is 342 g/mol. The fourth-order valence-corrected chi connectivity index (χ4v) is 3.01. The van der Waals surface area contributed by atoms with Gasteiger partial charge in [0.2, 0.25) is 0 Å². The average Bonchev–Trinajstić information content (AvgIpc) is 3.38. The Bertz CT molecular complexity index is 857. The molecule has 0 aliphatic heterocycles. The van der Waals surface area contributed by atoms with Crippen molar-refractivity contribution in [1.82, 2.24) is 5.32 Å². The molecule has 0 saturated heterocycles. The van der Waals surface area contributed by atoms with Gasteiger partial charge >= 0.3 is 0 Å². The van der Waals surface area contributed by atoms with Gasteiger partial charge in [-0.05, 0) is 42.7 Å². The fraction of sp³-hybridized carbons (Fsp3) is 0.167. The Morgan fingerprint density at radius 3 is 2.50 bits per heavy atom. The Balaban J connectivity index is 1.70. The lowest BCUT2D eigenvalue weighted by Crippen LogP contribution is -2.25. The van der Waals surface area contributed by atoms with Gasteiger partial charge in [-0.15, -0.1) is 0 Å². The SMILES string of the molecule is O=C(NC1CC1)c1cccc(NS(=O)(=O)C=Cc2ccccc2)c1. The summed E-state index contributed by atoms with van der Waals surface area (Å²) in [7, 11) is -3.65. The molecule has 1 aliphatic rings. The second-order valence-corrected chi connectivity index (χ2v) is 7.26. The van der Waals surface area contributed by atoms with Gasteiger partial charge in [0.05, 0.1) is 5.41 Å². The molecular formula is C18H18N2O3S. The molecule has 24 heavy (non-hydrogen) atoms. The van der Waals surface area contributed by atoms with Gasteiger partial charge in [0, 0.05) is 17.3 Å². The Labute approximate surface area is 141 Å². The predicted molar refractivity (Wildman–Crippen MR) is 94.9 cm³/mol. The van der Waals surface area contributed by atoms with Crippen LogP contribution in [0.2, 0.25) is 0 Å². The van der Waals surface area contributed by atoms with Crippen molar-refractivity contribution in [3.05, 3.63) is 71.1 Å². The molecule has 1 amide bonds. The molecule has 0 bridgehead atoms. The Morgan fingerprint density at radius 2 is 1.79 bits per heavy atom. The summed E-state index contributed by atoms with van der Waals surface area (Å²) in [5, 5.41) is 3.99. The molecule has 5 nitrogen and oxygen atoms in total. The van der Waals surface area contributed by atoms with E-state index in [0.717, 1.165) is 23.8 Å². The standard InChI is InChI=1S/C18H18N2O3S/c21-18(19-16-9-10-16)15-7-4-8-17(13-15)20-24(22,23)12-11-14-5-2-1-3-6-14/h1-8,11-13,16,20H,9-10H2,(H,19,21). The second kappa shape index (κ2) is 6.88. The third-order valence-electron chi connectivity index (χ3n) is 3.54. The number of hydrogen-bond donors (Lipinski definition) is 2. The van der Waals surface area contributed by atoms with Gasteiger partial charge in [-0.3, -0.25) is 9.52 Å². The third-order valence-corrected chi connectivity index (χ3v) is 4.55. The largest absolute Gasteiger partial charge is 0.349 e. The van der Waals surface area contributed by atoms with E-state index >= 15 is 0 Å². The number of nitrogens with one attached hydrogen (secondary N) is 2. The molecule has 2 aromatic rings. The molecular weight excluding hydrogens is 324 g/mol. The molecule has 0 radical (unpaired) electrons. The van der Waals surface area contributed by atoms with Crippen molar-refractivity contribution < 1.29 is 13.2 Å². The van der Waals surface area contributed by atoms with Crippen LogP contribution in [0.3, 0.4) is 0 Å². The summed E-state index contributed by atoms with van der Waals surface area (Å²) in [4.78, 5) is 12.0. The maximum Gasteiger partial charge on any atom is 0.255 e. The van der Waals surface area contributed by atoms with E-state index in [1.807, 2.05) is 30.3 Å². The van der Waals surface area contributed by atoms with E-state index in [1.165, 1.54) is 12.1 Å². The van der Waals surface area contributed by atoms with Crippen LogP contribution in [0.4, 0.5) is 5.69 Å². The lowest BCUT2D eigenvalue weighted by molar-refractivity contribution is 0.0951. The van der Waals surface area contributed by atoms with Crippen molar-refractivity contribution in [3.63, 3.8) is 0 Å². The van der Waals surface area contributed by atoms with Crippen LogP contribution in [0.1, 0.15) is 28.8 Å². The summed E-state index contributed by atoms with van der Waals surface area (Å²) in [6.07, 6.45) is 3.52. The van der Waals surface area contributed by atoms with Crippen molar-refractivity contribution in [2.75, 3.05) is 4.72 Å². The zero-order valence-corrected chi connectivity index (χ0v) is 13.8. The molecule has 2 aromatic carbocycles. The number of carbonyl (C=O) groups excluding carboxylic acids is 1. The van der Waals surface area contributed by atoms with Crippen LogP contribution in [0.5, 0.6) is 0 Å². The molecule has 1 fully saturated rings. The number of anilines is 1. The number of benzene rings is 2. The minimum absolute atomic E-state index is 0.182. The highest BCUT2D eigenvalue weighted by Gasteiger charge is 2.23. The Hall–Kier alpha value is -2.60. The van der Waals surface area contributed by atoms with Crippen LogP contribution < -0.4 is 10.0 Å². The molecule has 124 valence electrons. The minimum Gasteiger partial charge on any atom is -0.349 e. The van der Waals surface area contributed by atoms with Crippen LogP contribution >= 0.6 is 0 Å². The lowest BCUT2D eigenvalue weighted by Gasteiger charge is -2.07. The number of carbonyl (C=O) groups is 1. The van der Waals surface area contributed by atoms with Crippen LogP contribution in [0.25, 0.3) is 6.08 Å². The zero-order chi connectivity index (χ0) is 17.0. The van der Waals surface area contributed by atoms with Crippen molar-refractivity contribution in [1.29, 1.82) is 0 Å². The van der Waals surface area contributed by atoms with Gasteiger partial charge < -0.3 is 5.32 Å². The predicted octanol–water partition coefficient (Wildman–Crippen LogP) is 2.99. The van der Waals surface area contributed by atoms with Crippen molar-refractivity contribution >= 4 is 27.7 Å². The van der Waals surface area contributed by atoms with Gasteiger partial charge in [0.25, 0.3) is 15.9 Å². The van der Waals surface area contributed by atoms with E-state index in [4.69, 9.17) is 0 Å². The summed E-state index contributed by atoms with van der Waals surface area (Å²) in [5.41, 5.74) is 1.59. The van der Waals surface area contributed by atoms with Crippen LogP contribution in [-0.2, 0) is 10.0 Å². The normalized spacial score (nSPS) is 14.5. The molecule has 0 aromatic heterocycles. The monoisotopic (exact) mass is 342 g/mol. The highest BCUT2D eigenvalue weighted by atomic mass is 32.2. The van der Waals surface area contributed by atoms with E-state index in [-0.39, 0.29) is 11.9 Å². The van der Waals surface area contributed by atoms with Crippen molar-refractivity contribution in [2.45, 2.75) is 18.9 Å². The first-order chi connectivity index (χ1) is 11.5. The zero-order valence-electron chi connectivity index (χ0n) is 13.0. The fourth-order valence-electron chi connectivity index (χ4n) is 2.15. The van der Waals surface area contributed by atoms with Gasteiger partial charge in [0.15, 0.2) is 0 Å². The van der Waals surface area contributed by atoms with E-state index in [9.17, 15) is 13.2 Å². The van der Waals surface area contributed by atoms with Crippen molar-refractivity contribution in [3.8, 4) is 0 Å². The molecule has 6 heteroatoms. The quantitative estimate of drug-likeness (QED) is 0.847. The first kappa shape index (κ1) is 16.3. The third kappa shape index (κ3) is 4.70. The first-order valence-corrected chi connectivity index (χ1v) is 9.23. The van der Waals surface area contributed by atoms with Crippen LogP contribution in [-0.4, -0.2) is 20.4 Å². The molecule has 0 spiro atoms. The topological polar surface area (TPSA) is 75.3 Å². The highest BCUT2D eigenvalue weighted by molar-refractivity contribution is 7.95. The van der Waals surface area contributed by atoms with E-state index in [1.54, 1.807) is 18.2 Å². The maximum atomic E-state index is 12.1. The van der Waals surface area contributed by atoms with Gasteiger partial charge in [-0.25, -0.2) is 8.42 Å². The summed E-state index contributed by atoms with van der Waals surface area (Å²) < 4.78 is 26.7. The van der Waals surface area contributed by atoms with Gasteiger partial charge in [0.1, 0.15) is 0 Å². The number of hydrogen-bond acceptors (Lipinski definition) is 3. The van der Waals surface area contributed by atoms with E-state index in [2.05, 4.69) is 10.0 Å². The molecule has 1 saturated carbocycles. The molecule has 1 aliphatic carbocycles. The van der Waals surface area contributed by atoms with Crippen LogP contribution in [0, 0.1) is 0 Å². The number of sulfonamides is 1. The molecule has 3 rings (SSSR count). The highest BCUT2D eigenvalue weighted by Crippen LogP contribution is 2.20. The van der Waals surface area contributed by atoms with Crippen LogP contribution in [0.15, 0.2) is 60.0 Å². The van der Waals surface area contributed by atoms with Gasteiger partial charge in [-0.2, -0.15) is 0 Å². The van der Waals surface area contributed by atoms with Gasteiger partial charge in [-0.1, -0.05) is 36.4 Å². The summed E-state index contributed by atoms with van der Waals surface area (Å²) >= 11 is 0. The summed E-state index contributed by atoms with van der Waals surface area (Å²) in [6.45, 7) is 0. The van der Waals surface area contributed by atoms with Crippen molar-refractivity contribution in [2.24, 2.45) is 0 Å². The Morgan fingerprint density at radius 1 is 1.04 bits per heavy atom. The summed E-state index contributed by atoms with van der Waals surface area (Å²) in [5.74, 6) is -0.182. The first-order valence-electron chi connectivity index (χ1n) is 7.69. The van der Waals surface area contributed by atoms with E-state index < -0.39 is 10.0 Å². The summed E-state index contributed by atoms with van der Waals surface area (Å²) in [6, 6.07) is 15.9. The molecule has 0 unspecified atom stereocenters. The second-order valence-electron chi connectivity index (χ2n) is 5.69. The lowest BCUT2D eigenvalue weighted by atomic mass is 10.2. The molecule has 0 atom stereocenters. The number of amides is 1. The Kier molecular flexibility index (Phi) is 4.66. The number of rotatable bonds is 6. The molecule has 2 N–H and O–H groups in total. The molecule has 0 heterocycles. The van der Waals surface area contributed by atoms with E-state index in [0.29, 0.717) is 11.3 Å². The maximum absolute atomic E-state index is 12.1. The minimum atomic E-state index is -3.65.